The number of rotatable bonds is 6. The summed E-state index contributed by atoms with van der Waals surface area (Å²) in [5.41, 5.74) is 1.95. The Hall–Kier alpha value is -1.72. The van der Waals surface area contributed by atoms with Gasteiger partial charge in [0.05, 0.1) is 6.42 Å². The van der Waals surface area contributed by atoms with Crippen LogP contribution in [0.25, 0.3) is 0 Å². The van der Waals surface area contributed by atoms with Crippen LogP contribution in [-0.2, 0) is 17.8 Å². The molecule has 24 heavy (non-hydrogen) atoms. The Balaban J connectivity index is 1.42. The fraction of sp³-hybridized carbons (Fsp3) is 0.474. The molecule has 5 heteroatoms. The van der Waals surface area contributed by atoms with Gasteiger partial charge in [0.1, 0.15) is 0 Å². The summed E-state index contributed by atoms with van der Waals surface area (Å²) in [6.45, 7) is 6.01. The number of aryl methyl sites for hydroxylation is 1. The van der Waals surface area contributed by atoms with E-state index in [4.69, 9.17) is 0 Å². The maximum atomic E-state index is 12.1. The maximum absolute atomic E-state index is 12.1. The van der Waals surface area contributed by atoms with Gasteiger partial charge >= 0.3 is 0 Å². The van der Waals surface area contributed by atoms with Crippen LogP contribution < -0.4 is 5.32 Å². The van der Waals surface area contributed by atoms with Crippen molar-refractivity contribution in [3.05, 3.63) is 52.0 Å². The van der Waals surface area contributed by atoms with Crippen molar-refractivity contribution in [2.75, 3.05) is 19.6 Å². The molecule has 0 spiro atoms. The number of nitrogens with zero attached hydrogens (tertiary/aromatic N) is 2. The van der Waals surface area contributed by atoms with Gasteiger partial charge in [-0.2, -0.15) is 0 Å². The van der Waals surface area contributed by atoms with Crippen LogP contribution in [-0.4, -0.2) is 35.4 Å². The van der Waals surface area contributed by atoms with E-state index < -0.39 is 0 Å². The molecule has 2 aromatic heterocycles. The molecule has 0 bridgehead atoms. The Morgan fingerprint density at radius 2 is 2.33 bits per heavy atom. The molecule has 1 aliphatic rings. The molecule has 0 aromatic carbocycles. The van der Waals surface area contributed by atoms with Crippen LogP contribution in [0.3, 0.4) is 0 Å². The van der Waals surface area contributed by atoms with Crippen molar-refractivity contribution in [1.29, 1.82) is 0 Å². The van der Waals surface area contributed by atoms with Gasteiger partial charge in [0, 0.05) is 36.4 Å². The standard InChI is InChI=1S/C19H25N3OS/c1-15-6-7-16(11-20-15)10-19(23)21-12-17-4-2-8-22(13-17)14-18-5-3-9-24-18/h3,5-7,9,11,17H,2,4,8,10,12-14H2,1H3,(H,21,23)/t17-/m1/s1. The van der Waals surface area contributed by atoms with Gasteiger partial charge in [0.15, 0.2) is 0 Å². The molecule has 2 aromatic rings. The average molecular weight is 343 g/mol. The van der Waals surface area contributed by atoms with Crippen molar-refractivity contribution < 1.29 is 4.79 Å². The molecule has 1 aliphatic heterocycles. The number of nitrogens with one attached hydrogen (secondary N) is 1. The quantitative estimate of drug-likeness (QED) is 0.877. The number of thiophene rings is 1. The minimum atomic E-state index is 0.0935. The Morgan fingerprint density at radius 3 is 3.08 bits per heavy atom. The first-order chi connectivity index (χ1) is 11.7. The Morgan fingerprint density at radius 1 is 1.42 bits per heavy atom. The van der Waals surface area contributed by atoms with Crippen molar-refractivity contribution in [2.45, 2.75) is 32.7 Å². The first-order valence-corrected chi connectivity index (χ1v) is 9.50. The van der Waals surface area contributed by atoms with Crippen molar-refractivity contribution >= 4 is 17.2 Å². The second kappa shape index (κ2) is 8.40. The van der Waals surface area contributed by atoms with Crippen LogP contribution >= 0.6 is 11.3 Å². The smallest absolute Gasteiger partial charge is 0.224 e. The minimum Gasteiger partial charge on any atom is -0.355 e. The van der Waals surface area contributed by atoms with E-state index in [1.165, 1.54) is 17.7 Å². The van der Waals surface area contributed by atoms with Crippen LogP contribution in [0.4, 0.5) is 0 Å². The summed E-state index contributed by atoms with van der Waals surface area (Å²) < 4.78 is 0. The lowest BCUT2D eigenvalue weighted by molar-refractivity contribution is -0.120. The average Bonchev–Trinajstić information content (AvgIpc) is 3.08. The lowest BCUT2D eigenvalue weighted by atomic mass is 9.98. The zero-order valence-electron chi connectivity index (χ0n) is 14.2. The van der Waals surface area contributed by atoms with Crippen LogP contribution in [0.2, 0.25) is 0 Å². The van der Waals surface area contributed by atoms with E-state index in [0.717, 1.165) is 37.4 Å². The number of carbonyl (C=O) groups excluding carboxylic acids is 1. The highest BCUT2D eigenvalue weighted by Gasteiger charge is 2.20. The van der Waals surface area contributed by atoms with E-state index in [2.05, 4.69) is 32.7 Å². The summed E-state index contributed by atoms with van der Waals surface area (Å²) in [5, 5.41) is 5.24. The van der Waals surface area contributed by atoms with E-state index in [9.17, 15) is 4.79 Å². The maximum Gasteiger partial charge on any atom is 0.224 e. The Bertz CT molecular complexity index is 639. The predicted octanol–water partition coefficient (Wildman–Crippen LogP) is 3.02. The Labute approximate surface area is 147 Å². The molecule has 0 aliphatic carbocycles. The summed E-state index contributed by atoms with van der Waals surface area (Å²) in [7, 11) is 0. The molecular weight excluding hydrogens is 318 g/mol. The highest BCUT2D eigenvalue weighted by molar-refractivity contribution is 7.09. The number of pyridine rings is 1. The van der Waals surface area contributed by atoms with Crippen molar-refractivity contribution in [1.82, 2.24) is 15.2 Å². The molecule has 1 fully saturated rings. The van der Waals surface area contributed by atoms with Crippen LogP contribution in [0, 0.1) is 12.8 Å². The molecule has 1 amide bonds. The molecule has 1 N–H and O–H groups in total. The van der Waals surface area contributed by atoms with Crippen molar-refractivity contribution in [3.63, 3.8) is 0 Å². The molecule has 0 unspecified atom stereocenters. The summed E-state index contributed by atoms with van der Waals surface area (Å²) in [5.74, 6) is 0.648. The summed E-state index contributed by atoms with van der Waals surface area (Å²) in [6, 6.07) is 8.24. The third kappa shape index (κ3) is 5.14. The second-order valence-corrected chi connectivity index (χ2v) is 7.64. The number of carbonyl (C=O) groups is 1. The largest absolute Gasteiger partial charge is 0.355 e. The lowest BCUT2D eigenvalue weighted by Crippen LogP contribution is -2.40. The summed E-state index contributed by atoms with van der Waals surface area (Å²) in [6.07, 6.45) is 4.62. The van der Waals surface area contributed by atoms with Gasteiger partial charge in [-0.15, -0.1) is 11.3 Å². The Kier molecular flexibility index (Phi) is 5.99. The minimum absolute atomic E-state index is 0.0935. The third-order valence-corrected chi connectivity index (χ3v) is 5.35. The molecule has 4 nitrogen and oxygen atoms in total. The lowest BCUT2D eigenvalue weighted by Gasteiger charge is -2.32. The fourth-order valence-electron chi connectivity index (χ4n) is 3.19. The third-order valence-electron chi connectivity index (χ3n) is 4.49. The van der Waals surface area contributed by atoms with E-state index in [1.54, 1.807) is 6.20 Å². The molecule has 0 radical (unpaired) electrons. The van der Waals surface area contributed by atoms with E-state index >= 15 is 0 Å². The molecule has 1 atom stereocenters. The van der Waals surface area contributed by atoms with Crippen LogP contribution in [0.15, 0.2) is 35.8 Å². The predicted molar refractivity (Wildman–Crippen MR) is 98.0 cm³/mol. The molecule has 1 saturated heterocycles. The number of amides is 1. The SMILES string of the molecule is Cc1ccc(CC(=O)NC[C@H]2CCCN(Cc3cccs3)C2)cn1. The molecule has 0 saturated carbocycles. The van der Waals surface area contributed by atoms with Crippen molar-refractivity contribution in [3.8, 4) is 0 Å². The second-order valence-electron chi connectivity index (χ2n) is 6.61. The van der Waals surface area contributed by atoms with Gasteiger partial charge in [0.25, 0.3) is 0 Å². The monoisotopic (exact) mass is 343 g/mol. The van der Waals surface area contributed by atoms with Gasteiger partial charge in [-0.25, -0.2) is 0 Å². The highest BCUT2D eigenvalue weighted by atomic mass is 32.1. The van der Waals surface area contributed by atoms with Gasteiger partial charge in [-0.3, -0.25) is 14.7 Å². The highest BCUT2D eigenvalue weighted by Crippen LogP contribution is 2.20. The number of piperidine rings is 1. The molecular formula is C19H25N3OS. The first kappa shape index (κ1) is 17.1. The van der Waals surface area contributed by atoms with E-state index in [0.29, 0.717) is 12.3 Å². The summed E-state index contributed by atoms with van der Waals surface area (Å²) in [4.78, 5) is 20.3. The van der Waals surface area contributed by atoms with E-state index in [-0.39, 0.29) is 5.91 Å². The molecule has 3 heterocycles. The van der Waals surface area contributed by atoms with Gasteiger partial charge in [-0.1, -0.05) is 12.1 Å². The fourth-order valence-corrected chi connectivity index (χ4v) is 3.94. The number of likely N-dealkylation sites (tertiary alicyclic amines) is 1. The van der Waals surface area contributed by atoms with Gasteiger partial charge < -0.3 is 5.32 Å². The normalized spacial score (nSPS) is 18.5. The van der Waals surface area contributed by atoms with Crippen molar-refractivity contribution in [2.24, 2.45) is 5.92 Å². The van der Waals surface area contributed by atoms with Crippen LogP contribution in [0.1, 0.15) is 29.0 Å². The topological polar surface area (TPSA) is 45.2 Å². The number of hydrogen-bond donors (Lipinski definition) is 1. The van der Waals surface area contributed by atoms with Gasteiger partial charge in [0.2, 0.25) is 5.91 Å². The van der Waals surface area contributed by atoms with Gasteiger partial charge in [-0.05, 0) is 55.3 Å². The number of hydrogen-bond acceptors (Lipinski definition) is 4. The van der Waals surface area contributed by atoms with E-state index in [1.807, 2.05) is 30.4 Å². The molecule has 3 rings (SSSR count). The zero-order chi connectivity index (χ0) is 16.8. The molecule has 128 valence electrons. The first-order valence-electron chi connectivity index (χ1n) is 8.62. The number of aromatic nitrogens is 1. The summed E-state index contributed by atoms with van der Waals surface area (Å²) >= 11 is 1.82. The van der Waals surface area contributed by atoms with Crippen LogP contribution in [0.5, 0.6) is 0 Å². The zero-order valence-corrected chi connectivity index (χ0v) is 15.0.